The first-order chi connectivity index (χ1) is 11.3. The summed E-state index contributed by atoms with van der Waals surface area (Å²) >= 11 is 6.21. The van der Waals surface area contributed by atoms with Crippen LogP contribution in [0.2, 0.25) is 5.02 Å². The van der Waals surface area contributed by atoms with Gasteiger partial charge in [0.15, 0.2) is 0 Å². The van der Waals surface area contributed by atoms with Crippen LogP contribution in [0.25, 0.3) is 0 Å². The maximum absolute atomic E-state index is 6.21. The summed E-state index contributed by atoms with van der Waals surface area (Å²) in [5.41, 5.74) is 3.81. The highest BCUT2D eigenvalue weighted by Crippen LogP contribution is 2.28. The molecule has 2 N–H and O–H groups in total. The second-order valence-electron chi connectivity index (χ2n) is 5.68. The van der Waals surface area contributed by atoms with Crippen molar-refractivity contribution < 1.29 is 0 Å². The van der Waals surface area contributed by atoms with E-state index in [1.165, 1.54) is 0 Å². The summed E-state index contributed by atoms with van der Waals surface area (Å²) in [6, 6.07) is 9.81. The van der Waals surface area contributed by atoms with Crippen molar-refractivity contribution in [2.24, 2.45) is 9.98 Å². The van der Waals surface area contributed by atoms with E-state index in [1.54, 1.807) is 0 Å². The van der Waals surface area contributed by atoms with Gasteiger partial charge in [-0.2, -0.15) is 0 Å². The summed E-state index contributed by atoms with van der Waals surface area (Å²) in [6.45, 7) is 4.49. The second kappa shape index (κ2) is 6.18. The topological polar surface area (TPSA) is 55.8 Å². The maximum atomic E-state index is 6.21. The van der Waals surface area contributed by atoms with Crippen molar-refractivity contribution in [2.45, 2.75) is 0 Å². The molecule has 2 aliphatic heterocycles. The Morgan fingerprint density at radius 2 is 2.00 bits per heavy atom. The first kappa shape index (κ1) is 14.5. The van der Waals surface area contributed by atoms with Crippen LogP contribution in [0.1, 0.15) is 11.3 Å². The van der Waals surface area contributed by atoms with Crippen molar-refractivity contribution in [3.05, 3.63) is 52.8 Å². The summed E-state index contributed by atoms with van der Waals surface area (Å²) in [4.78, 5) is 15.3. The molecule has 1 fully saturated rings. The number of H-pyrrole nitrogens is 1. The van der Waals surface area contributed by atoms with Crippen LogP contribution in [-0.2, 0) is 0 Å². The Hall–Kier alpha value is -2.11. The molecule has 2 aromatic rings. The largest absolute Gasteiger partial charge is 0.360 e. The number of amidine groups is 1. The van der Waals surface area contributed by atoms with Gasteiger partial charge < -0.3 is 15.2 Å². The first-order valence-electron chi connectivity index (χ1n) is 7.82. The van der Waals surface area contributed by atoms with E-state index in [2.05, 4.69) is 15.2 Å². The molecule has 3 heterocycles. The minimum absolute atomic E-state index is 0.584. The predicted molar refractivity (Wildman–Crippen MR) is 94.3 cm³/mol. The van der Waals surface area contributed by atoms with Gasteiger partial charge >= 0.3 is 0 Å². The van der Waals surface area contributed by atoms with E-state index in [0.29, 0.717) is 11.6 Å². The van der Waals surface area contributed by atoms with E-state index < -0.39 is 0 Å². The van der Waals surface area contributed by atoms with Crippen molar-refractivity contribution in [3.8, 4) is 0 Å². The van der Waals surface area contributed by atoms with Crippen molar-refractivity contribution in [1.82, 2.24) is 15.2 Å². The molecule has 6 heteroatoms. The van der Waals surface area contributed by atoms with Crippen LogP contribution in [0, 0.1) is 0 Å². The molecule has 1 aromatic carbocycles. The van der Waals surface area contributed by atoms with E-state index in [9.17, 15) is 0 Å². The lowest BCUT2D eigenvalue weighted by Gasteiger charge is -2.29. The van der Waals surface area contributed by atoms with Crippen LogP contribution in [0.4, 0.5) is 5.69 Å². The number of hydrogen-bond donors (Lipinski definition) is 2. The third-order valence-corrected chi connectivity index (χ3v) is 4.41. The Morgan fingerprint density at radius 3 is 2.78 bits per heavy atom. The van der Waals surface area contributed by atoms with E-state index in [-0.39, 0.29) is 0 Å². The number of fused-ring (bicyclic) bond motifs is 1. The average Bonchev–Trinajstić information content (AvgIpc) is 3.04. The Morgan fingerprint density at radius 1 is 1.13 bits per heavy atom. The number of nitrogens with one attached hydrogen (secondary N) is 2. The number of aliphatic imine (C=N–C) groups is 2. The van der Waals surface area contributed by atoms with Crippen molar-refractivity contribution in [1.29, 1.82) is 0 Å². The van der Waals surface area contributed by atoms with Gasteiger partial charge in [-0.15, -0.1) is 0 Å². The summed E-state index contributed by atoms with van der Waals surface area (Å²) < 4.78 is 0. The van der Waals surface area contributed by atoms with Crippen LogP contribution < -0.4 is 5.32 Å². The molecule has 0 amide bonds. The molecule has 0 atom stereocenters. The fraction of sp³-hybridized carbons (Fsp3) is 0.294. The lowest BCUT2D eigenvalue weighted by atomic mass is 10.1. The van der Waals surface area contributed by atoms with E-state index in [0.717, 1.165) is 54.7 Å². The lowest BCUT2D eigenvalue weighted by Crippen LogP contribution is -2.47. The Kier molecular flexibility index (Phi) is 3.89. The number of hydrogen-bond acceptors (Lipinski definition) is 4. The predicted octanol–water partition coefficient (Wildman–Crippen LogP) is 2.45. The Bertz CT molecular complexity index is 757. The minimum atomic E-state index is 0.584. The second-order valence-corrected chi connectivity index (χ2v) is 6.11. The molecule has 23 heavy (non-hydrogen) atoms. The van der Waals surface area contributed by atoms with Crippen molar-refractivity contribution in [2.75, 3.05) is 32.7 Å². The molecule has 0 saturated carbocycles. The molecule has 5 nitrogen and oxygen atoms in total. The van der Waals surface area contributed by atoms with Crippen LogP contribution in [0.15, 0.2) is 46.5 Å². The summed E-state index contributed by atoms with van der Waals surface area (Å²) in [5.74, 6) is 1.02. The number of nitrogens with zero attached hydrogens (tertiary/aromatic N) is 3. The number of benzene rings is 1. The first-order valence-corrected chi connectivity index (χ1v) is 8.20. The minimum Gasteiger partial charge on any atom is -0.360 e. The summed E-state index contributed by atoms with van der Waals surface area (Å²) in [7, 11) is 0. The number of rotatable bonds is 1. The summed E-state index contributed by atoms with van der Waals surface area (Å²) in [6.07, 6.45) is 1.91. The molecule has 0 radical (unpaired) electrons. The van der Waals surface area contributed by atoms with E-state index in [4.69, 9.17) is 21.6 Å². The number of aromatic nitrogens is 1. The summed E-state index contributed by atoms with van der Waals surface area (Å²) in [5, 5.41) is 4.07. The molecule has 1 saturated heterocycles. The zero-order chi connectivity index (χ0) is 15.6. The standard InChI is InChI=1S/C17H18ClN5/c18-12-3-4-14-13(10-12)17(15-2-1-5-20-15)21-11-16(22-14)23-8-6-19-7-9-23/h1-5,10,19-20H,6-9,11H2. The molecule has 4 rings (SSSR count). The third kappa shape index (κ3) is 2.90. The zero-order valence-corrected chi connectivity index (χ0v) is 13.5. The van der Waals surface area contributed by atoms with Gasteiger partial charge in [-0.1, -0.05) is 11.6 Å². The molecule has 0 spiro atoms. The zero-order valence-electron chi connectivity index (χ0n) is 12.7. The molecule has 0 aliphatic carbocycles. The number of piperazine rings is 1. The molecule has 0 unspecified atom stereocenters. The SMILES string of the molecule is Clc1ccc2c(c1)C(c1ccc[nH]1)=NCC(N1CCNCC1)=N2. The van der Waals surface area contributed by atoms with Crippen molar-refractivity contribution >= 4 is 28.8 Å². The number of aromatic amines is 1. The van der Waals surface area contributed by atoms with Crippen LogP contribution in [0.5, 0.6) is 0 Å². The molecule has 2 aliphatic rings. The Balaban J connectivity index is 1.79. The molecular formula is C17H18ClN5. The lowest BCUT2D eigenvalue weighted by molar-refractivity contribution is 0.354. The van der Waals surface area contributed by atoms with Gasteiger partial charge in [0.05, 0.1) is 23.6 Å². The quantitative estimate of drug-likeness (QED) is 0.845. The van der Waals surface area contributed by atoms with Crippen LogP contribution in [-0.4, -0.2) is 54.2 Å². The van der Waals surface area contributed by atoms with Gasteiger partial charge in [0, 0.05) is 43.0 Å². The average molecular weight is 328 g/mol. The van der Waals surface area contributed by atoms with Gasteiger partial charge in [-0.3, -0.25) is 4.99 Å². The van der Waals surface area contributed by atoms with Gasteiger partial charge in [0.1, 0.15) is 5.84 Å². The molecule has 1 aromatic heterocycles. The van der Waals surface area contributed by atoms with Crippen LogP contribution in [0.3, 0.4) is 0 Å². The smallest absolute Gasteiger partial charge is 0.127 e. The fourth-order valence-electron chi connectivity index (χ4n) is 3.01. The fourth-order valence-corrected chi connectivity index (χ4v) is 3.18. The normalized spacial score (nSPS) is 18.0. The van der Waals surface area contributed by atoms with Gasteiger partial charge in [0.25, 0.3) is 0 Å². The molecule has 0 bridgehead atoms. The highest BCUT2D eigenvalue weighted by Gasteiger charge is 2.21. The van der Waals surface area contributed by atoms with E-state index in [1.807, 2.05) is 36.5 Å². The number of halogens is 1. The van der Waals surface area contributed by atoms with Gasteiger partial charge in [-0.05, 0) is 30.3 Å². The van der Waals surface area contributed by atoms with Crippen LogP contribution >= 0.6 is 11.6 Å². The highest BCUT2D eigenvalue weighted by molar-refractivity contribution is 6.31. The molecular weight excluding hydrogens is 310 g/mol. The maximum Gasteiger partial charge on any atom is 0.127 e. The highest BCUT2D eigenvalue weighted by atomic mass is 35.5. The molecule has 118 valence electrons. The van der Waals surface area contributed by atoms with Crippen molar-refractivity contribution in [3.63, 3.8) is 0 Å². The monoisotopic (exact) mass is 327 g/mol. The third-order valence-electron chi connectivity index (χ3n) is 4.18. The van der Waals surface area contributed by atoms with Gasteiger partial charge in [0.2, 0.25) is 0 Å². The van der Waals surface area contributed by atoms with Gasteiger partial charge in [-0.25, -0.2) is 4.99 Å². The Labute approximate surface area is 140 Å². The van der Waals surface area contributed by atoms with E-state index >= 15 is 0 Å².